The summed E-state index contributed by atoms with van der Waals surface area (Å²) in [6.45, 7) is 1.03. The van der Waals surface area contributed by atoms with Crippen molar-refractivity contribution in [3.8, 4) is 5.75 Å². The molecule has 1 saturated carbocycles. The fraction of sp³-hybridized carbons (Fsp3) is 0.409. The fourth-order valence-corrected chi connectivity index (χ4v) is 3.58. The SMILES string of the molecule is COc1cccc(CN(C(=O)NCc2ccccc2)C2CCC(O)CC2)c1. The molecule has 2 aromatic carbocycles. The van der Waals surface area contributed by atoms with Crippen LogP contribution in [0, 0.1) is 0 Å². The second kappa shape index (κ2) is 9.42. The van der Waals surface area contributed by atoms with Gasteiger partial charge in [0.25, 0.3) is 0 Å². The predicted molar refractivity (Wildman–Crippen MR) is 105 cm³/mol. The zero-order valence-electron chi connectivity index (χ0n) is 15.8. The number of urea groups is 1. The Bertz CT molecular complexity index is 727. The van der Waals surface area contributed by atoms with Crippen LogP contribution in [-0.2, 0) is 13.1 Å². The smallest absolute Gasteiger partial charge is 0.318 e. The molecule has 2 N–H and O–H groups in total. The average Bonchev–Trinajstić information content (AvgIpc) is 2.72. The first-order valence-corrected chi connectivity index (χ1v) is 9.55. The van der Waals surface area contributed by atoms with Crippen molar-refractivity contribution in [2.24, 2.45) is 0 Å². The summed E-state index contributed by atoms with van der Waals surface area (Å²) >= 11 is 0. The maximum absolute atomic E-state index is 13.0. The molecule has 3 rings (SSSR count). The van der Waals surface area contributed by atoms with Crippen LogP contribution in [0.15, 0.2) is 54.6 Å². The highest BCUT2D eigenvalue weighted by Gasteiger charge is 2.28. The number of ether oxygens (including phenoxy) is 1. The lowest BCUT2D eigenvalue weighted by molar-refractivity contribution is 0.0817. The van der Waals surface area contributed by atoms with Crippen molar-refractivity contribution in [3.63, 3.8) is 0 Å². The van der Waals surface area contributed by atoms with Crippen molar-refractivity contribution in [3.05, 3.63) is 65.7 Å². The molecule has 2 amide bonds. The van der Waals surface area contributed by atoms with E-state index in [2.05, 4.69) is 5.32 Å². The van der Waals surface area contributed by atoms with Crippen molar-refractivity contribution in [1.82, 2.24) is 10.2 Å². The van der Waals surface area contributed by atoms with Gasteiger partial charge in [0.1, 0.15) is 5.75 Å². The lowest BCUT2D eigenvalue weighted by Crippen LogP contribution is -2.47. The first-order valence-electron chi connectivity index (χ1n) is 9.55. The summed E-state index contributed by atoms with van der Waals surface area (Å²) < 4.78 is 5.31. The molecule has 2 aromatic rings. The number of aliphatic hydroxyl groups excluding tert-OH is 1. The summed E-state index contributed by atoms with van der Waals surface area (Å²) in [5.74, 6) is 0.788. The van der Waals surface area contributed by atoms with Gasteiger partial charge >= 0.3 is 6.03 Å². The number of amides is 2. The van der Waals surface area contributed by atoms with Crippen LogP contribution >= 0.6 is 0 Å². The Morgan fingerprint density at radius 2 is 1.78 bits per heavy atom. The highest BCUT2D eigenvalue weighted by Crippen LogP contribution is 2.25. The van der Waals surface area contributed by atoms with Crippen LogP contribution in [0.4, 0.5) is 4.79 Å². The number of rotatable bonds is 6. The van der Waals surface area contributed by atoms with Gasteiger partial charge in [-0.05, 0) is 48.9 Å². The molecule has 1 fully saturated rings. The Morgan fingerprint density at radius 1 is 1.07 bits per heavy atom. The van der Waals surface area contributed by atoms with E-state index in [1.54, 1.807) is 7.11 Å². The van der Waals surface area contributed by atoms with Crippen LogP contribution in [0.25, 0.3) is 0 Å². The summed E-state index contributed by atoms with van der Waals surface area (Å²) in [5.41, 5.74) is 2.11. The van der Waals surface area contributed by atoms with E-state index in [1.807, 2.05) is 59.5 Å². The molecule has 144 valence electrons. The molecule has 5 nitrogen and oxygen atoms in total. The summed E-state index contributed by atoms with van der Waals surface area (Å²) in [7, 11) is 1.64. The molecule has 0 unspecified atom stereocenters. The van der Waals surface area contributed by atoms with Crippen LogP contribution in [0.2, 0.25) is 0 Å². The van der Waals surface area contributed by atoms with Crippen LogP contribution in [0.5, 0.6) is 5.75 Å². The molecule has 0 bridgehead atoms. The average molecular weight is 368 g/mol. The third kappa shape index (κ3) is 5.47. The standard InChI is InChI=1S/C22H28N2O3/c1-27-21-9-5-8-18(14-21)16-24(19-10-12-20(25)13-11-19)22(26)23-15-17-6-3-2-4-7-17/h2-9,14,19-20,25H,10-13,15-16H2,1H3,(H,23,26). The van der Waals surface area contributed by atoms with Gasteiger partial charge in [-0.15, -0.1) is 0 Å². The minimum atomic E-state index is -0.243. The van der Waals surface area contributed by atoms with E-state index in [1.165, 1.54) is 0 Å². The van der Waals surface area contributed by atoms with Crippen LogP contribution in [0.1, 0.15) is 36.8 Å². The van der Waals surface area contributed by atoms with Gasteiger partial charge in [0.15, 0.2) is 0 Å². The molecule has 0 atom stereocenters. The van der Waals surface area contributed by atoms with E-state index >= 15 is 0 Å². The molecule has 0 aromatic heterocycles. The molecule has 0 saturated heterocycles. The number of nitrogens with one attached hydrogen (secondary N) is 1. The lowest BCUT2D eigenvalue weighted by atomic mass is 9.92. The number of nitrogens with zero attached hydrogens (tertiary/aromatic N) is 1. The fourth-order valence-electron chi connectivity index (χ4n) is 3.58. The van der Waals surface area contributed by atoms with Crippen LogP contribution in [0.3, 0.4) is 0 Å². The van der Waals surface area contributed by atoms with Crippen molar-refractivity contribution >= 4 is 6.03 Å². The third-order valence-electron chi connectivity index (χ3n) is 5.14. The van der Waals surface area contributed by atoms with Crippen molar-refractivity contribution in [2.45, 2.75) is 50.9 Å². The van der Waals surface area contributed by atoms with E-state index in [-0.39, 0.29) is 18.2 Å². The van der Waals surface area contributed by atoms with Gasteiger partial charge in [-0.25, -0.2) is 4.79 Å². The minimum Gasteiger partial charge on any atom is -0.497 e. The van der Waals surface area contributed by atoms with Crippen LogP contribution in [-0.4, -0.2) is 35.3 Å². The normalized spacial score (nSPS) is 19.3. The summed E-state index contributed by atoms with van der Waals surface area (Å²) in [4.78, 5) is 14.9. The van der Waals surface area contributed by atoms with Crippen molar-refractivity contribution < 1.29 is 14.6 Å². The number of aliphatic hydroxyl groups is 1. The van der Waals surface area contributed by atoms with E-state index in [4.69, 9.17) is 4.74 Å². The molecule has 1 aliphatic carbocycles. The van der Waals surface area contributed by atoms with Gasteiger partial charge in [0.2, 0.25) is 0 Å². The second-order valence-electron chi connectivity index (χ2n) is 7.09. The summed E-state index contributed by atoms with van der Waals surface area (Å²) in [5, 5.41) is 12.9. The molecule has 5 heteroatoms. The summed E-state index contributed by atoms with van der Waals surface area (Å²) in [6.07, 6.45) is 2.89. The van der Waals surface area contributed by atoms with Crippen molar-refractivity contribution in [1.29, 1.82) is 0 Å². The molecule has 0 heterocycles. The van der Waals surface area contributed by atoms with E-state index < -0.39 is 0 Å². The predicted octanol–water partition coefficient (Wildman–Crippen LogP) is 3.71. The van der Waals surface area contributed by atoms with E-state index in [9.17, 15) is 9.90 Å². The first-order chi connectivity index (χ1) is 13.2. The second-order valence-corrected chi connectivity index (χ2v) is 7.09. The largest absolute Gasteiger partial charge is 0.497 e. The molecule has 0 aliphatic heterocycles. The monoisotopic (exact) mass is 368 g/mol. The number of hydrogen-bond donors (Lipinski definition) is 2. The zero-order chi connectivity index (χ0) is 19.1. The Balaban J connectivity index is 1.71. The Kier molecular flexibility index (Phi) is 6.71. The quantitative estimate of drug-likeness (QED) is 0.817. The van der Waals surface area contributed by atoms with E-state index in [0.717, 1.165) is 42.6 Å². The van der Waals surface area contributed by atoms with Crippen LogP contribution < -0.4 is 10.1 Å². The molecule has 27 heavy (non-hydrogen) atoms. The number of benzene rings is 2. The highest BCUT2D eigenvalue weighted by atomic mass is 16.5. The van der Waals surface area contributed by atoms with Gasteiger partial charge in [-0.1, -0.05) is 42.5 Å². The van der Waals surface area contributed by atoms with Gasteiger partial charge in [0, 0.05) is 19.1 Å². The van der Waals surface area contributed by atoms with Gasteiger partial charge < -0.3 is 20.1 Å². The number of methoxy groups -OCH3 is 1. The lowest BCUT2D eigenvalue weighted by Gasteiger charge is -2.36. The van der Waals surface area contributed by atoms with Crippen molar-refractivity contribution in [2.75, 3.05) is 7.11 Å². The third-order valence-corrected chi connectivity index (χ3v) is 5.14. The molecular weight excluding hydrogens is 340 g/mol. The minimum absolute atomic E-state index is 0.0666. The first kappa shape index (κ1) is 19.2. The topological polar surface area (TPSA) is 61.8 Å². The van der Waals surface area contributed by atoms with Gasteiger partial charge in [0.05, 0.1) is 13.2 Å². The maximum atomic E-state index is 13.0. The number of hydrogen-bond acceptors (Lipinski definition) is 3. The van der Waals surface area contributed by atoms with Gasteiger partial charge in [-0.3, -0.25) is 0 Å². The highest BCUT2D eigenvalue weighted by molar-refractivity contribution is 5.74. The number of carbonyl (C=O) groups is 1. The molecule has 1 aliphatic rings. The maximum Gasteiger partial charge on any atom is 0.318 e. The summed E-state index contributed by atoms with van der Waals surface area (Å²) in [6, 6.07) is 17.8. The molecule has 0 radical (unpaired) electrons. The molecule has 0 spiro atoms. The zero-order valence-corrected chi connectivity index (χ0v) is 15.8. The number of carbonyl (C=O) groups excluding carboxylic acids is 1. The Labute approximate surface area is 161 Å². The Morgan fingerprint density at radius 3 is 2.48 bits per heavy atom. The Hall–Kier alpha value is -2.53. The van der Waals surface area contributed by atoms with E-state index in [0.29, 0.717) is 13.1 Å². The molecular formula is C22H28N2O3. The van der Waals surface area contributed by atoms with Gasteiger partial charge in [-0.2, -0.15) is 0 Å².